The molecule has 2 aromatic carbocycles. The molecule has 1 heterocycles. The Labute approximate surface area is 181 Å². The molecule has 0 radical (unpaired) electrons. The molecule has 4 N–H and O–H groups in total. The number of guanidine groups is 1. The Bertz CT molecular complexity index is 1170. The van der Waals surface area contributed by atoms with E-state index in [0.717, 1.165) is 0 Å². The third-order valence-corrected chi connectivity index (χ3v) is 4.92. The minimum absolute atomic E-state index is 0.0803. The highest BCUT2D eigenvalue weighted by molar-refractivity contribution is 6.02. The van der Waals surface area contributed by atoms with Crippen LogP contribution >= 0.6 is 0 Å². The summed E-state index contributed by atoms with van der Waals surface area (Å²) in [5, 5.41) is 9.19. The van der Waals surface area contributed by atoms with Crippen LogP contribution in [0.4, 0.5) is 13.2 Å². The Kier molecular flexibility index (Phi) is 6.30. The van der Waals surface area contributed by atoms with Crippen molar-refractivity contribution in [3.8, 4) is 6.07 Å². The summed E-state index contributed by atoms with van der Waals surface area (Å²) in [6, 6.07) is 11.4. The van der Waals surface area contributed by atoms with Gasteiger partial charge in [-0.1, -0.05) is 24.3 Å². The van der Waals surface area contributed by atoms with Crippen molar-refractivity contribution in [1.82, 2.24) is 4.90 Å². The molecule has 164 valence electrons. The largest absolute Gasteiger partial charge is 0.417 e. The van der Waals surface area contributed by atoms with Crippen molar-refractivity contribution in [3.05, 3.63) is 76.4 Å². The van der Waals surface area contributed by atoms with Crippen LogP contribution in [0.2, 0.25) is 0 Å². The van der Waals surface area contributed by atoms with E-state index in [9.17, 15) is 28.0 Å². The summed E-state index contributed by atoms with van der Waals surface area (Å²) in [5.41, 5.74) is 9.75. The van der Waals surface area contributed by atoms with E-state index in [0.29, 0.717) is 11.6 Å². The van der Waals surface area contributed by atoms with Gasteiger partial charge in [0.05, 0.1) is 22.8 Å². The third kappa shape index (κ3) is 4.78. The molecule has 2 aromatic rings. The monoisotopic (exact) mass is 441 g/mol. The van der Waals surface area contributed by atoms with Crippen molar-refractivity contribution in [2.45, 2.75) is 12.6 Å². The first kappa shape index (κ1) is 22.6. The number of nitrogens with zero attached hydrogens (tertiary/aromatic N) is 3. The molecule has 3 rings (SSSR count). The predicted molar refractivity (Wildman–Crippen MR) is 111 cm³/mol. The molecular formula is C22H18F3N5O2. The van der Waals surface area contributed by atoms with Gasteiger partial charge in [0, 0.05) is 18.7 Å². The Morgan fingerprint density at radius 1 is 1.12 bits per heavy atom. The molecular weight excluding hydrogens is 423 g/mol. The van der Waals surface area contributed by atoms with Gasteiger partial charge in [-0.2, -0.15) is 23.4 Å². The minimum Gasteiger partial charge on any atom is -0.370 e. The average molecular weight is 441 g/mol. The van der Waals surface area contributed by atoms with Crippen LogP contribution in [0.25, 0.3) is 5.57 Å². The molecule has 0 aromatic heterocycles. The van der Waals surface area contributed by atoms with Crippen molar-refractivity contribution in [1.29, 1.82) is 5.26 Å². The lowest BCUT2D eigenvalue weighted by atomic mass is 9.92. The molecule has 2 amide bonds. The van der Waals surface area contributed by atoms with Crippen LogP contribution in [-0.4, -0.2) is 35.8 Å². The van der Waals surface area contributed by atoms with E-state index < -0.39 is 23.6 Å². The van der Waals surface area contributed by atoms with Crippen LogP contribution in [0.5, 0.6) is 0 Å². The summed E-state index contributed by atoms with van der Waals surface area (Å²) in [7, 11) is 0. The maximum Gasteiger partial charge on any atom is 0.417 e. The van der Waals surface area contributed by atoms with Gasteiger partial charge < -0.3 is 16.4 Å². The lowest BCUT2D eigenvalue weighted by Crippen LogP contribution is -2.35. The van der Waals surface area contributed by atoms with E-state index in [-0.39, 0.29) is 47.7 Å². The zero-order valence-electron chi connectivity index (χ0n) is 16.7. The lowest BCUT2D eigenvalue weighted by Gasteiger charge is -2.28. The van der Waals surface area contributed by atoms with E-state index in [1.54, 1.807) is 18.2 Å². The predicted octanol–water partition coefficient (Wildman–Crippen LogP) is 2.92. The fourth-order valence-electron chi connectivity index (χ4n) is 3.41. The first-order chi connectivity index (χ1) is 15.1. The number of halogens is 3. The number of rotatable bonds is 3. The molecule has 1 aliphatic heterocycles. The summed E-state index contributed by atoms with van der Waals surface area (Å²) in [6.45, 7) is 0.260. The van der Waals surface area contributed by atoms with Gasteiger partial charge in [-0.15, -0.1) is 0 Å². The van der Waals surface area contributed by atoms with Crippen LogP contribution in [0.15, 0.2) is 53.5 Å². The van der Waals surface area contributed by atoms with Crippen LogP contribution in [0, 0.1) is 11.3 Å². The maximum atomic E-state index is 13.7. The molecule has 0 saturated carbocycles. The van der Waals surface area contributed by atoms with E-state index in [1.165, 1.54) is 29.2 Å². The van der Waals surface area contributed by atoms with E-state index >= 15 is 0 Å². The normalized spacial score (nSPS) is 13.7. The lowest BCUT2D eigenvalue weighted by molar-refractivity contribution is -0.137. The molecule has 0 aliphatic carbocycles. The maximum absolute atomic E-state index is 13.7. The van der Waals surface area contributed by atoms with Gasteiger partial charge in [0.25, 0.3) is 11.8 Å². The van der Waals surface area contributed by atoms with Crippen LogP contribution < -0.4 is 11.5 Å². The zero-order chi connectivity index (χ0) is 23.5. The molecule has 0 unspecified atom stereocenters. The van der Waals surface area contributed by atoms with Gasteiger partial charge in [0.1, 0.15) is 0 Å². The molecule has 0 atom stereocenters. The first-order valence-electron chi connectivity index (χ1n) is 9.45. The standard InChI is InChI=1S/C22H18F3N5O2/c23-22(24,25)18-11-14(19(31)29-21(27)28)5-6-16(18)13-7-9-30(10-8-13)20(32)17-4-2-1-3-15(17)12-26/h1-7,11H,8-10H2,(H4,27,28,29,31). The fourth-order valence-corrected chi connectivity index (χ4v) is 3.41. The average Bonchev–Trinajstić information content (AvgIpc) is 2.77. The van der Waals surface area contributed by atoms with Crippen LogP contribution in [0.1, 0.15) is 43.8 Å². The van der Waals surface area contributed by atoms with Crippen molar-refractivity contribution >= 4 is 23.3 Å². The molecule has 10 heteroatoms. The van der Waals surface area contributed by atoms with E-state index in [2.05, 4.69) is 4.99 Å². The van der Waals surface area contributed by atoms with Gasteiger partial charge >= 0.3 is 6.18 Å². The topological polar surface area (TPSA) is 126 Å². The number of carbonyl (C=O) groups is 2. The Morgan fingerprint density at radius 3 is 2.44 bits per heavy atom. The number of alkyl halides is 3. The highest BCUT2D eigenvalue weighted by atomic mass is 19.4. The summed E-state index contributed by atoms with van der Waals surface area (Å²) < 4.78 is 41.1. The number of aliphatic imine (C=N–C) groups is 1. The first-order valence-corrected chi connectivity index (χ1v) is 9.45. The van der Waals surface area contributed by atoms with Crippen LogP contribution in [0.3, 0.4) is 0 Å². The second-order valence-corrected chi connectivity index (χ2v) is 6.99. The number of amides is 2. The smallest absolute Gasteiger partial charge is 0.370 e. The zero-order valence-corrected chi connectivity index (χ0v) is 16.7. The summed E-state index contributed by atoms with van der Waals surface area (Å²) in [4.78, 5) is 29.4. The van der Waals surface area contributed by atoms with Gasteiger partial charge in [-0.05, 0) is 41.8 Å². The third-order valence-electron chi connectivity index (χ3n) is 4.92. The van der Waals surface area contributed by atoms with E-state index in [1.807, 2.05) is 6.07 Å². The fraction of sp³-hybridized carbons (Fsp3) is 0.182. The second kappa shape index (κ2) is 8.93. The molecule has 0 saturated heterocycles. The van der Waals surface area contributed by atoms with Gasteiger partial charge in [-0.3, -0.25) is 9.59 Å². The summed E-state index contributed by atoms with van der Waals surface area (Å²) in [6.07, 6.45) is -3.01. The second-order valence-electron chi connectivity index (χ2n) is 6.99. The molecule has 7 nitrogen and oxygen atoms in total. The van der Waals surface area contributed by atoms with Crippen molar-refractivity contribution in [2.75, 3.05) is 13.1 Å². The molecule has 32 heavy (non-hydrogen) atoms. The van der Waals surface area contributed by atoms with Gasteiger partial charge in [0.2, 0.25) is 0 Å². The van der Waals surface area contributed by atoms with Gasteiger partial charge in [0.15, 0.2) is 5.96 Å². The molecule has 0 bridgehead atoms. The summed E-state index contributed by atoms with van der Waals surface area (Å²) in [5.74, 6) is -1.90. The number of nitriles is 1. The van der Waals surface area contributed by atoms with Gasteiger partial charge in [-0.25, -0.2) is 0 Å². The van der Waals surface area contributed by atoms with Crippen molar-refractivity contribution in [3.63, 3.8) is 0 Å². The quantitative estimate of drug-likeness (QED) is 0.560. The van der Waals surface area contributed by atoms with Crippen molar-refractivity contribution < 1.29 is 22.8 Å². The Hall–Kier alpha value is -4.13. The molecule has 0 spiro atoms. The van der Waals surface area contributed by atoms with Crippen LogP contribution in [-0.2, 0) is 6.18 Å². The Morgan fingerprint density at radius 2 is 1.84 bits per heavy atom. The number of hydrogen-bond donors (Lipinski definition) is 2. The van der Waals surface area contributed by atoms with E-state index in [4.69, 9.17) is 11.5 Å². The molecule has 1 aliphatic rings. The molecule has 0 fully saturated rings. The minimum atomic E-state index is -4.72. The highest BCUT2D eigenvalue weighted by Gasteiger charge is 2.35. The number of benzene rings is 2. The Balaban J connectivity index is 1.90. The number of nitrogens with two attached hydrogens (primary N) is 2. The summed E-state index contributed by atoms with van der Waals surface area (Å²) >= 11 is 0. The number of carbonyl (C=O) groups excluding carboxylic acids is 2. The SMILES string of the molecule is N#Cc1ccccc1C(=O)N1CC=C(c2ccc(C(=O)N=C(N)N)cc2C(F)(F)F)CC1. The van der Waals surface area contributed by atoms with Crippen molar-refractivity contribution in [2.24, 2.45) is 16.5 Å². The number of hydrogen-bond acceptors (Lipinski definition) is 3. The highest BCUT2D eigenvalue weighted by Crippen LogP contribution is 2.37.